The van der Waals surface area contributed by atoms with Crippen LogP contribution < -0.4 is 5.32 Å². The van der Waals surface area contributed by atoms with E-state index in [1.807, 2.05) is 24.3 Å². The van der Waals surface area contributed by atoms with Crippen LogP contribution in [0.2, 0.25) is 0 Å². The van der Waals surface area contributed by atoms with Gasteiger partial charge in [0.2, 0.25) is 0 Å². The van der Waals surface area contributed by atoms with Crippen LogP contribution in [0.5, 0.6) is 0 Å². The van der Waals surface area contributed by atoms with Crippen molar-refractivity contribution in [2.75, 3.05) is 39.3 Å². The first-order chi connectivity index (χ1) is 8.88. The van der Waals surface area contributed by atoms with Crippen molar-refractivity contribution in [3.63, 3.8) is 0 Å². The summed E-state index contributed by atoms with van der Waals surface area (Å²) < 4.78 is 5.65. The zero-order valence-electron chi connectivity index (χ0n) is 10.6. The molecule has 0 spiro atoms. The summed E-state index contributed by atoms with van der Waals surface area (Å²) in [6, 6.07) is 9.66. The van der Waals surface area contributed by atoms with Crippen LogP contribution >= 0.6 is 0 Å². The lowest BCUT2D eigenvalue weighted by molar-refractivity contribution is 0.0886. The average molecular weight is 245 g/mol. The number of nitriles is 1. The Bertz CT molecular complexity index is 390. The van der Waals surface area contributed by atoms with Crippen molar-refractivity contribution in [3.8, 4) is 6.07 Å². The maximum absolute atomic E-state index is 8.69. The van der Waals surface area contributed by atoms with Gasteiger partial charge in [0.1, 0.15) is 0 Å². The Hall–Kier alpha value is -1.41. The van der Waals surface area contributed by atoms with E-state index in [2.05, 4.69) is 16.3 Å². The van der Waals surface area contributed by atoms with Gasteiger partial charge in [-0.05, 0) is 17.7 Å². The molecule has 96 valence electrons. The molecule has 0 aromatic heterocycles. The van der Waals surface area contributed by atoms with Crippen LogP contribution in [-0.2, 0) is 11.3 Å². The minimum Gasteiger partial charge on any atom is -0.375 e. The van der Waals surface area contributed by atoms with Gasteiger partial charge in [0.15, 0.2) is 0 Å². The highest BCUT2D eigenvalue weighted by molar-refractivity contribution is 5.31. The highest BCUT2D eigenvalue weighted by atomic mass is 16.5. The topological polar surface area (TPSA) is 48.3 Å². The third-order valence-electron chi connectivity index (χ3n) is 3.11. The molecular weight excluding hydrogens is 226 g/mol. The standard InChI is InChI=1S/C14H19N3O/c15-11-13-1-3-14(4-2-13)12-18-10-9-17-7-5-16-6-8-17/h1-4,16H,5-10,12H2. The van der Waals surface area contributed by atoms with E-state index in [0.717, 1.165) is 44.9 Å². The van der Waals surface area contributed by atoms with Gasteiger partial charge in [-0.3, -0.25) is 4.90 Å². The summed E-state index contributed by atoms with van der Waals surface area (Å²) in [5.74, 6) is 0. The molecule has 1 aromatic rings. The molecule has 0 aliphatic carbocycles. The third kappa shape index (κ3) is 4.11. The van der Waals surface area contributed by atoms with E-state index in [1.54, 1.807) is 0 Å². The molecule has 0 amide bonds. The molecule has 0 bridgehead atoms. The van der Waals surface area contributed by atoms with Crippen LogP contribution in [0.15, 0.2) is 24.3 Å². The van der Waals surface area contributed by atoms with Crippen molar-refractivity contribution in [2.24, 2.45) is 0 Å². The lowest BCUT2D eigenvalue weighted by Gasteiger charge is -2.26. The molecule has 0 atom stereocenters. The van der Waals surface area contributed by atoms with Crippen LogP contribution in [0.25, 0.3) is 0 Å². The molecule has 1 N–H and O–H groups in total. The predicted molar refractivity (Wildman–Crippen MR) is 70.1 cm³/mol. The normalized spacial score (nSPS) is 16.4. The van der Waals surface area contributed by atoms with E-state index >= 15 is 0 Å². The van der Waals surface area contributed by atoms with Crippen molar-refractivity contribution in [2.45, 2.75) is 6.61 Å². The highest BCUT2D eigenvalue weighted by Crippen LogP contribution is 2.04. The van der Waals surface area contributed by atoms with Gasteiger partial charge in [-0.25, -0.2) is 0 Å². The molecule has 1 aromatic carbocycles. The van der Waals surface area contributed by atoms with Crippen molar-refractivity contribution in [1.82, 2.24) is 10.2 Å². The fourth-order valence-corrected chi connectivity index (χ4v) is 1.99. The Morgan fingerprint density at radius 1 is 1.22 bits per heavy atom. The molecule has 18 heavy (non-hydrogen) atoms. The van der Waals surface area contributed by atoms with Crippen molar-refractivity contribution in [1.29, 1.82) is 5.26 Å². The van der Waals surface area contributed by atoms with Gasteiger partial charge in [0.05, 0.1) is 24.8 Å². The van der Waals surface area contributed by atoms with Gasteiger partial charge < -0.3 is 10.1 Å². The summed E-state index contributed by atoms with van der Waals surface area (Å²) in [6.45, 7) is 6.77. The Kier molecular flexibility index (Phi) is 5.15. The minimum absolute atomic E-state index is 0.623. The summed E-state index contributed by atoms with van der Waals surface area (Å²) >= 11 is 0. The maximum Gasteiger partial charge on any atom is 0.0991 e. The SMILES string of the molecule is N#Cc1ccc(COCCN2CCNCC2)cc1. The number of benzene rings is 1. The van der Waals surface area contributed by atoms with Crippen molar-refractivity contribution < 1.29 is 4.74 Å². The smallest absolute Gasteiger partial charge is 0.0991 e. The zero-order valence-corrected chi connectivity index (χ0v) is 10.6. The molecule has 1 saturated heterocycles. The summed E-state index contributed by atoms with van der Waals surface area (Å²) in [7, 11) is 0. The Balaban J connectivity index is 1.63. The van der Waals surface area contributed by atoms with Crippen molar-refractivity contribution in [3.05, 3.63) is 35.4 Å². The molecule has 1 aliphatic heterocycles. The molecule has 0 unspecified atom stereocenters. The summed E-state index contributed by atoms with van der Waals surface area (Å²) in [4.78, 5) is 2.41. The number of rotatable bonds is 5. The first-order valence-corrected chi connectivity index (χ1v) is 6.38. The highest BCUT2D eigenvalue weighted by Gasteiger charge is 2.08. The predicted octanol–water partition coefficient (Wildman–Crippen LogP) is 0.980. The quantitative estimate of drug-likeness (QED) is 0.786. The lowest BCUT2D eigenvalue weighted by atomic mass is 10.2. The molecule has 1 heterocycles. The molecule has 2 rings (SSSR count). The number of nitrogens with zero attached hydrogens (tertiary/aromatic N) is 2. The first kappa shape index (κ1) is 13.0. The molecule has 1 aliphatic rings. The van der Waals surface area contributed by atoms with Crippen molar-refractivity contribution >= 4 is 0 Å². The molecule has 0 saturated carbocycles. The molecule has 4 heteroatoms. The van der Waals surface area contributed by atoms with Crippen LogP contribution in [-0.4, -0.2) is 44.2 Å². The molecule has 0 radical (unpaired) electrons. The monoisotopic (exact) mass is 245 g/mol. The van der Waals surface area contributed by atoms with E-state index in [9.17, 15) is 0 Å². The first-order valence-electron chi connectivity index (χ1n) is 6.38. The van der Waals surface area contributed by atoms with Crippen LogP contribution in [0.3, 0.4) is 0 Å². The summed E-state index contributed by atoms with van der Waals surface area (Å²) in [6.07, 6.45) is 0. The second-order valence-electron chi connectivity index (χ2n) is 4.45. The van der Waals surface area contributed by atoms with Crippen LogP contribution in [0.1, 0.15) is 11.1 Å². The van der Waals surface area contributed by atoms with E-state index in [-0.39, 0.29) is 0 Å². The second-order valence-corrected chi connectivity index (χ2v) is 4.45. The number of hydrogen-bond donors (Lipinski definition) is 1. The molecular formula is C14H19N3O. The Labute approximate surface area is 108 Å². The lowest BCUT2D eigenvalue weighted by Crippen LogP contribution is -2.44. The van der Waals surface area contributed by atoms with Gasteiger partial charge >= 0.3 is 0 Å². The van der Waals surface area contributed by atoms with Crippen LogP contribution in [0.4, 0.5) is 0 Å². The van der Waals surface area contributed by atoms with E-state index in [1.165, 1.54) is 0 Å². The minimum atomic E-state index is 0.623. The largest absolute Gasteiger partial charge is 0.375 e. The van der Waals surface area contributed by atoms with E-state index in [4.69, 9.17) is 10.00 Å². The van der Waals surface area contributed by atoms with Gasteiger partial charge in [-0.15, -0.1) is 0 Å². The summed E-state index contributed by atoms with van der Waals surface area (Å²) in [5.41, 5.74) is 1.81. The Morgan fingerprint density at radius 2 is 1.94 bits per heavy atom. The number of nitrogens with one attached hydrogen (secondary N) is 1. The Morgan fingerprint density at radius 3 is 2.61 bits per heavy atom. The van der Waals surface area contributed by atoms with Crippen LogP contribution in [0, 0.1) is 11.3 Å². The number of ether oxygens (including phenoxy) is 1. The number of hydrogen-bond acceptors (Lipinski definition) is 4. The molecule has 1 fully saturated rings. The van der Waals surface area contributed by atoms with Gasteiger partial charge in [0, 0.05) is 32.7 Å². The third-order valence-corrected chi connectivity index (χ3v) is 3.11. The average Bonchev–Trinajstić information content (AvgIpc) is 2.45. The number of piperazine rings is 1. The van der Waals surface area contributed by atoms with Gasteiger partial charge in [0.25, 0.3) is 0 Å². The maximum atomic E-state index is 8.69. The fourth-order valence-electron chi connectivity index (χ4n) is 1.99. The van der Waals surface area contributed by atoms with Gasteiger partial charge in [-0.1, -0.05) is 12.1 Å². The van der Waals surface area contributed by atoms with E-state index < -0.39 is 0 Å². The fraction of sp³-hybridized carbons (Fsp3) is 0.500. The van der Waals surface area contributed by atoms with E-state index in [0.29, 0.717) is 12.2 Å². The zero-order chi connectivity index (χ0) is 12.6. The van der Waals surface area contributed by atoms with Gasteiger partial charge in [-0.2, -0.15) is 5.26 Å². The summed E-state index contributed by atoms with van der Waals surface area (Å²) in [5, 5.41) is 12.0. The second kappa shape index (κ2) is 7.12. The molecule has 4 nitrogen and oxygen atoms in total.